The topological polar surface area (TPSA) is 56.7 Å². The van der Waals surface area contributed by atoms with E-state index in [-0.39, 0.29) is 33.9 Å². The second kappa shape index (κ2) is 11.4. The molecule has 234 valence electrons. The lowest BCUT2D eigenvalue weighted by molar-refractivity contribution is 0.669. The molecule has 3 heterocycles. The van der Waals surface area contributed by atoms with Crippen LogP contribution in [0.4, 0.5) is 0 Å². The van der Waals surface area contributed by atoms with Gasteiger partial charge in [0, 0.05) is 43.9 Å². The molecule has 0 unspecified atom stereocenters. The zero-order chi connectivity index (χ0) is 40.0. The molecule has 0 N–H and O–H groups in total. The minimum absolute atomic E-state index is 0.00404. The summed E-state index contributed by atoms with van der Waals surface area (Å²) in [7, 11) is 0. The third-order valence-corrected chi connectivity index (χ3v) is 8.88. The molecule has 7 aromatic carbocycles. The third kappa shape index (κ3) is 4.67. The fraction of sp³-hybridized carbons (Fsp3) is 0. The highest BCUT2D eigenvalue weighted by Gasteiger charge is 2.18. The van der Waals surface area contributed by atoms with Crippen LogP contribution in [0.2, 0.25) is 0 Å². The van der Waals surface area contributed by atoms with Crippen molar-refractivity contribution in [3.8, 4) is 51.0 Å². The van der Waals surface area contributed by atoms with Crippen LogP contribution in [0.15, 0.2) is 174 Å². The normalized spacial score (nSPS) is 13.8. The SMILES string of the molecule is [2H]c1c([2H])c([2H])c2c(c1[2H])c1c([2H])c([2H])c([2H])c([2H])c1n2-c1cc(-c2ccccc2)cc(-c2nc(-c3ccccc3)nc(-c3ccc4oc5ccccc5c4c3)n2)c1. The number of aromatic nitrogens is 4. The molecule has 5 heteroatoms. The Labute approximate surface area is 299 Å². The van der Waals surface area contributed by atoms with E-state index in [4.69, 9.17) is 30.3 Å². The Morgan fingerprint density at radius 1 is 0.420 bits per heavy atom. The molecule has 10 aromatic rings. The molecule has 0 amide bonds. The number of rotatable bonds is 5. The highest BCUT2D eigenvalue weighted by Crippen LogP contribution is 2.37. The lowest BCUT2D eigenvalue weighted by Gasteiger charge is -2.14. The molecule has 3 aromatic heterocycles. The summed E-state index contributed by atoms with van der Waals surface area (Å²) in [5, 5.41) is 1.86. The zero-order valence-electron chi connectivity index (χ0n) is 34.2. The van der Waals surface area contributed by atoms with E-state index in [1.807, 2.05) is 115 Å². The lowest BCUT2D eigenvalue weighted by Crippen LogP contribution is -2.01. The Bertz CT molecular complexity index is 3250. The van der Waals surface area contributed by atoms with Gasteiger partial charge in [0.25, 0.3) is 0 Å². The van der Waals surface area contributed by atoms with Crippen LogP contribution in [0.5, 0.6) is 0 Å². The summed E-state index contributed by atoms with van der Waals surface area (Å²) in [6.45, 7) is 0. The molecule has 0 aliphatic carbocycles. The van der Waals surface area contributed by atoms with Gasteiger partial charge in [-0.25, -0.2) is 15.0 Å². The maximum atomic E-state index is 9.11. The number of furan rings is 1. The first-order valence-corrected chi connectivity index (χ1v) is 16.0. The minimum atomic E-state index is -0.504. The van der Waals surface area contributed by atoms with E-state index < -0.39 is 36.3 Å². The molecular weight excluding hydrogens is 613 g/mol. The zero-order valence-corrected chi connectivity index (χ0v) is 26.2. The molecule has 0 bridgehead atoms. The molecule has 0 radical (unpaired) electrons. The lowest BCUT2D eigenvalue weighted by atomic mass is 10.0. The molecule has 0 saturated heterocycles. The van der Waals surface area contributed by atoms with Crippen molar-refractivity contribution in [1.82, 2.24) is 19.5 Å². The quantitative estimate of drug-likeness (QED) is 0.186. The van der Waals surface area contributed by atoms with Crippen LogP contribution in [-0.2, 0) is 0 Å². The van der Waals surface area contributed by atoms with E-state index in [0.717, 1.165) is 38.6 Å². The number of hydrogen-bond donors (Lipinski definition) is 0. The standard InChI is InChI=1S/C45H28N4O/c1-3-13-29(14-4-1)32-25-33(27-34(26-32)49-39-20-10-7-17-35(39)36-18-8-11-21-40(36)49)45-47-43(30-15-5-2-6-16-30)46-44(48-45)31-23-24-42-38(28-31)37-19-9-12-22-41(37)50-42/h1-28H/i7D,8D,10D,11D,17D,18D,20D,21D. The van der Waals surface area contributed by atoms with Gasteiger partial charge in [0.05, 0.1) is 22.0 Å². The van der Waals surface area contributed by atoms with Gasteiger partial charge < -0.3 is 8.98 Å². The fourth-order valence-electron chi connectivity index (χ4n) is 6.56. The Morgan fingerprint density at radius 2 is 0.980 bits per heavy atom. The first kappa shape index (κ1) is 21.2. The van der Waals surface area contributed by atoms with Gasteiger partial charge in [-0.05, 0) is 65.7 Å². The smallest absolute Gasteiger partial charge is 0.164 e. The van der Waals surface area contributed by atoms with Crippen LogP contribution in [0.3, 0.4) is 0 Å². The molecule has 0 fully saturated rings. The molecular formula is C45H28N4O. The fourth-order valence-corrected chi connectivity index (χ4v) is 6.56. The van der Waals surface area contributed by atoms with Gasteiger partial charge >= 0.3 is 0 Å². The minimum Gasteiger partial charge on any atom is -0.456 e. The van der Waals surface area contributed by atoms with Crippen molar-refractivity contribution < 1.29 is 15.4 Å². The van der Waals surface area contributed by atoms with Crippen molar-refractivity contribution in [3.05, 3.63) is 170 Å². The van der Waals surface area contributed by atoms with Gasteiger partial charge in [-0.1, -0.05) is 115 Å². The largest absolute Gasteiger partial charge is 0.456 e. The van der Waals surface area contributed by atoms with Crippen molar-refractivity contribution in [3.63, 3.8) is 0 Å². The average Bonchev–Trinajstić information content (AvgIpc) is 3.83. The number of benzene rings is 7. The van der Waals surface area contributed by atoms with Crippen molar-refractivity contribution in [2.24, 2.45) is 0 Å². The molecule has 0 atom stereocenters. The number of hydrogen-bond acceptors (Lipinski definition) is 4. The van der Waals surface area contributed by atoms with Gasteiger partial charge in [0.2, 0.25) is 0 Å². The van der Waals surface area contributed by atoms with Crippen LogP contribution < -0.4 is 0 Å². The summed E-state index contributed by atoms with van der Waals surface area (Å²) in [5.74, 6) is 1.14. The molecule has 10 rings (SSSR count). The molecule has 0 saturated carbocycles. The van der Waals surface area contributed by atoms with Crippen LogP contribution in [0.1, 0.15) is 11.0 Å². The van der Waals surface area contributed by atoms with Crippen LogP contribution in [0.25, 0.3) is 94.7 Å². The highest BCUT2D eigenvalue weighted by molar-refractivity contribution is 6.09. The Kier molecular flexibility index (Phi) is 4.83. The maximum Gasteiger partial charge on any atom is 0.164 e. The first-order chi connectivity index (χ1) is 28.1. The summed E-state index contributed by atoms with van der Waals surface area (Å²) < 4.78 is 78.0. The van der Waals surface area contributed by atoms with Gasteiger partial charge in [-0.3, -0.25) is 0 Å². The summed E-state index contributed by atoms with van der Waals surface area (Å²) in [6.07, 6.45) is 0. The summed E-state index contributed by atoms with van der Waals surface area (Å²) in [4.78, 5) is 15.0. The second-order valence-corrected chi connectivity index (χ2v) is 11.9. The summed E-state index contributed by atoms with van der Waals surface area (Å²) in [6, 6.07) is 34.7. The van der Waals surface area contributed by atoms with Gasteiger partial charge in [-0.15, -0.1) is 0 Å². The van der Waals surface area contributed by atoms with Crippen molar-refractivity contribution in [1.29, 1.82) is 0 Å². The average molecular weight is 649 g/mol. The predicted molar refractivity (Wildman–Crippen MR) is 203 cm³/mol. The van der Waals surface area contributed by atoms with E-state index in [1.165, 1.54) is 4.57 Å². The number of nitrogens with zero attached hydrogens (tertiary/aromatic N) is 4. The first-order valence-electron chi connectivity index (χ1n) is 20.0. The Hall–Kier alpha value is -6.85. The highest BCUT2D eigenvalue weighted by atomic mass is 16.3. The Morgan fingerprint density at radius 3 is 1.70 bits per heavy atom. The van der Waals surface area contributed by atoms with Crippen molar-refractivity contribution in [2.75, 3.05) is 0 Å². The number of para-hydroxylation sites is 3. The Balaban J connectivity index is 1.30. The van der Waals surface area contributed by atoms with Gasteiger partial charge in [-0.2, -0.15) is 0 Å². The van der Waals surface area contributed by atoms with E-state index in [2.05, 4.69) is 0 Å². The van der Waals surface area contributed by atoms with Crippen LogP contribution in [-0.4, -0.2) is 19.5 Å². The molecule has 0 aliphatic heterocycles. The van der Waals surface area contributed by atoms with E-state index >= 15 is 0 Å². The molecule has 0 spiro atoms. The number of fused-ring (bicyclic) bond motifs is 6. The summed E-state index contributed by atoms with van der Waals surface area (Å²) in [5.41, 5.74) is 5.46. The molecule has 50 heavy (non-hydrogen) atoms. The molecule has 5 nitrogen and oxygen atoms in total. The predicted octanol–water partition coefficient (Wildman–Crippen LogP) is 11.5. The van der Waals surface area contributed by atoms with E-state index in [9.17, 15) is 0 Å². The van der Waals surface area contributed by atoms with Crippen molar-refractivity contribution in [2.45, 2.75) is 0 Å². The van der Waals surface area contributed by atoms with Crippen molar-refractivity contribution >= 4 is 43.7 Å². The molecule has 0 aliphatic rings. The van der Waals surface area contributed by atoms with E-state index in [0.29, 0.717) is 34.3 Å². The maximum absolute atomic E-state index is 9.11. The third-order valence-electron chi connectivity index (χ3n) is 8.88. The van der Waals surface area contributed by atoms with Gasteiger partial charge in [0.15, 0.2) is 17.5 Å². The van der Waals surface area contributed by atoms with Crippen LogP contribution >= 0.6 is 0 Å². The van der Waals surface area contributed by atoms with E-state index in [1.54, 1.807) is 6.07 Å². The van der Waals surface area contributed by atoms with Gasteiger partial charge in [0.1, 0.15) is 11.2 Å². The monoisotopic (exact) mass is 648 g/mol. The second-order valence-electron chi connectivity index (χ2n) is 11.9. The summed E-state index contributed by atoms with van der Waals surface area (Å²) >= 11 is 0. The van der Waals surface area contributed by atoms with Crippen LogP contribution in [0, 0.1) is 0 Å².